The van der Waals surface area contributed by atoms with Gasteiger partial charge in [0.2, 0.25) is 0 Å². The molecule has 230 valence electrons. The molecule has 42 heavy (non-hydrogen) atoms. The van der Waals surface area contributed by atoms with E-state index in [1.807, 2.05) is 18.2 Å². The highest BCUT2D eigenvalue weighted by molar-refractivity contribution is 5.89. The maximum Gasteiger partial charge on any atom is 0.338 e. The molecule has 11 atom stereocenters. The van der Waals surface area contributed by atoms with E-state index in [-0.39, 0.29) is 40.7 Å². The smallest absolute Gasteiger partial charge is 0.338 e. The molecule has 0 saturated heterocycles. The van der Waals surface area contributed by atoms with Gasteiger partial charge in [-0.05, 0) is 129 Å². The zero-order valence-electron chi connectivity index (χ0n) is 26.5. The number of hydrogen-bond acceptors (Lipinski definition) is 4. The lowest BCUT2D eigenvalue weighted by Crippen LogP contribution is -2.67. The SMILES string of the molecule is C=C(C)[C@@H]1CC[C@]2(C(=O)O)CC[C@]3(C)[C@H](CC[C@@H]4[C@@]5(C)CC[C@H](O)[C@@](C)(COC(=O)c6ccccc6)[C@@H]5CC[C@]43C)[C@@H]12. The molecule has 0 aliphatic heterocycles. The van der Waals surface area contributed by atoms with Crippen LogP contribution in [0.5, 0.6) is 0 Å². The number of aliphatic hydroxyl groups excluding tert-OH is 1. The van der Waals surface area contributed by atoms with Gasteiger partial charge < -0.3 is 14.9 Å². The first-order chi connectivity index (χ1) is 19.7. The molecule has 0 bridgehead atoms. The van der Waals surface area contributed by atoms with E-state index in [0.717, 1.165) is 69.8 Å². The topological polar surface area (TPSA) is 83.8 Å². The van der Waals surface area contributed by atoms with Crippen molar-refractivity contribution in [3.63, 3.8) is 0 Å². The summed E-state index contributed by atoms with van der Waals surface area (Å²) in [6.07, 6.45) is 8.96. The third-order valence-electron chi connectivity index (χ3n) is 14.8. The minimum atomic E-state index is -0.603. The van der Waals surface area contributed by atoms with Crippen molar-refractivity contribution >= 4 is 11.9 Å². The Bertz CT molecular complexity index is 1260. The number of benzene rings is 1. The van der Waals surface area contributed by atoms with Crippen LogP contribution in [-0.2, 0) is 9.53 Å². The molecule has 0 heterocycles. The number of allylic oxidation sites excluding steroid dienone is 1. The molecule has 2 N–H and O–H groups in total. The molecule has 5 saturated carbocycles. The van der Waals surface area contributed by atoms with Crippen molar-refractivity contribution < 1.29 is 24.5 Å². The molecule has 5 nitrogen and oxygen atoms in total. The maximum absolute atomic E-state index is 12.9. The molecule has 0 aromatic heterocycles. The number of carbonyl (C=O) groups excluding carboxylic acids is 1. The van der Waals surface area contributed by atoms with Crippen LogP contribution in [0.25, 0.3) is 0 Å². The highest BCUT2D eigenvalue weighted by atomic mass is 16.5. The molecule has 0 spiro atoms. The Morgan fingerprint density at radius 2 is 1.60 bits per heavy atom. The van der Waals surface area contributed by atoms with Gasteiger partial charge in [0.25, 0.3) is 0 Å². The van der Waals surface area contributed by atoms with Crippen LogP contribution in [0.1, 0.15) is 109 Å². The first-order valence-electron chi connectivity index (χ1n) is 16.5. The number of carboxylic acids is 1. The summed E-state index contributed by atoms with van der Waals surface area (Å²) in [4.78, 5) is 25.9. The Hall–Kier alpha value is -2.14. The largest absolute Gasteiger partial charge is 0.481 e. The standard InChI is InChI=1S/C37H52O5/c1-23(2)25-14-19-37(32(40)41)21-20-35(5)26(30(25)37)12-13-28-33(3)17-16-29(38)34(4,27(33)15-18-36(28,35)6)22-42-31(39)24-10-8-7-9-11-24/h7-11,25-30,38H,1,12-22H2,2-6H3,(H,40,41)/t25-,26+,27+,28+,29-,30+,33-,34-,35+,36+,37-/m0/s1. The minimum Gasteiger partial charge on any atom is -0.481 e. The Labute approximate surface area is 252 Å². The van der Waals surface area contributed by atoms with Crippen molar-refractivity contribution in [2.24, 2.45) is 56.7 Å². The average molecular weight is 577 g/mol. The third kappa shape index (κ3) is 3.90. The second-order valence-electron chi connectivity index (χ2n) is 16.1. The van der Waals surface area contributed by atoms with Gasteiger partial charge in [0.05, 0.1) is 23.7 Å². The van der Waals surface area contributed by atoms with Gasteiger partial charge in [-0.15, -0.1) is 0 Å². The maximum atomic E-state index is 12.9. The highest BCUT2D eigenvalue weighted by Gasteiger charge is 2.72. The summed E-state index contributed by atoms with van der Waals surface area (Å²) in [5, 5.41) is 22.1. The van der Waals surface area contributed by atoms with Crippen LogP contribution >= 0.6 is 0 Å². The van der Waals surface area contributed by atoms with Crippen LogP contribution < -0.4 is 0 Å². The number of esters is 1. The predicted octanol–water partition coefficient (Wildman–Crippen LogP) is 7.93. The van der Waals surface area contributed by atoms with Crippen molar-refractivity contribution in [3.05, 3.63) is 48.0 Å². The van der Waals surface area contributed by atoms with E-state index in [9.17, 15) is 19.8 Å². The molecule has 0 unspecified atom stereocenters. The molecule has 5 aliphatic rings. The average Bonchev–Trinajstić information content (AvgIpc) is 3.36. The molecule has 1 aromatic carbocycles. The summed E-state index contributed by atoms with van der Waals surface area (Å²) in [6, 6.07) is 9.15. The number of fused-ring (bicyclic) bond motifs is 7. The van der Waals surface area contributed by atoms with Gasteiger partial charge in [0.1, 0.15) is 0 Å². The minimum absolute atomic E-state index is 0.0267. The van der Waals surface area contributed by atoms with Crippen LogP contribution in [0.15, 0.2) is 42.5 Å². The first-order valence-corrected chi connectivity index (χ1v) is 16.5. The van der Waals surface area contributed by atoms with E-state index < -0.39 is 22.9 Å². The fourth-order valence-corrected chi connectivity index (χ4v) is 12.4. The lowest BCUT2D eigenvalue weighted by atomic mass is 9.32. The summed E-state index contributed by atoms with van der Waals surface area (Å²) >= 11 is 0. The van der Waals surface area contributed by atoms with Gasteiger partial charge >= 0.3 is 11.9 Å². The van der Waals surface area contributed by atoms with Crippen LogP contribution in [0, 0.1) is 56.7 Å². The number of carbonyl (C=O) groups is 2. The van der Waals surface area contributed by atoms with Crippen LogP contribution in [-0.4, -0.2) is 34.9 Å². The molecule has 1 aromatic rings. The zero-order chi connectivity index (χ0) is 30.3. The molecule has 5 aliphatic carbocycles. The van der Waals surface area contributed by atoms with Crippen molar-refractivity contribution in [1.29, 1.82) is 0 Å². The molecule has 5 heteroatoms. The molecule has 0 amide bonds. The van der Waals surface area contributed by atoms with Crippen molar-refractivity contribution in [1.82, 2.24) is 0 Å². The number of carboxylic acid groups (broad SMARTS) is 1. The van der Waals surface area contributed by atoms with Gasteiger partial charge in [0.15, 0.2) is 0 Å². The van der Waals surface area contributed by atoms with Gasteiger partial charge in [-0.25, -0.2) is 4.79 Å². The number of aliphatic hydroxyl groups is 1. The predicted molar refractivity (Wildman–Crippen MR) is 164 cm³/mol. The summed E-state index contributed by atoms with van der Waals surface area (Å²) in [5.74, 6) is 0.701. The molecular weight excluding hydrogens is 524 g/mol. The second-order valence-corrected chi connectivity index (χ2v) is 16.1. The fraction of sp³-hybridized carbons (Fsp3) is 0.730. The lowest BCUT2D eigenvalue weighted by molar-refractivity contribution is -0.254. The molecule has 5 fully saturated rings. The highest BCUT2D eigenvalue weighted by Crippen LogP contribution is 2.77. The van der Waals surface area contributed by atoms with Gasteiger partial charge in [-0.3, -0.25) is 4.79 Å². The third-order valence-corrected chi connectivity index (χ3v) is 14.8. The molecule has 0 radical (unpaired) electrons. The van der Waals surface area contributed by atoms with E-state index >= 15 is 0 Å². The van der Waals surface area contributed by atoms with E-state index in [2.05, 4.69) is 41.2 Å². The Balaban J connectivity index is 1.31. The summed E-state index contributed by atoms with van der Waals surface area (Å²) in [7, 11) is 0. The molecular formula is C37H52O5. The Morgan fingerprint density at radius 1 is 0.881 bits per heavy atom. The quantitative estimate of drug-likeness (QED) is 0.275. The summed E-state index contributed by atoms with van der Waals surface area (Å²) in [6.45, 7) is 16.4. The zero-order valence-corrected chi connectivity index (χ0v) is 26.5. The fourth-order valence-electron chi connectivity index (χ4n) is 12.4. The van der Waals surface area contributed by atoms with E-state index in [0.29, 0.717) is 23.3 Å². The first kappa shape index (κ1) is 29.9. The normalized spacial score (nSPS) is 47.8. The van der Waals surface area contributed by atoms with Gasteiger partial charge in [-0.1, -0.05) is 58.0 Å². The van der Waals surface area contributed by atoms with Crippen LogP contribution in [0.4, 0.5) is 0 Å². The monoisotopic (exact) mass is 576 g/mol. The second kappa shape index (κ2) is 9.94. The van der Waals surface area contributed by atoms with Crippen molar-refractivity contribution in [3.8, 4) is 0 Å². The van der Waals surface area contributed by atoms with Crippen molar-refractivity contribution in [2.45, 2.75) is 105 Å². The number of hydrogen-bond donors (Lipinski definition) is 2. The number of rotatable bonds is 5. The molecule has 6 rings (SSSR count). The van der Waals surface area contributed by atoms with E-state index in [1.54, 1.807) is 12.1 Å². The van der Waals surface area contributed by atoms with Crippen LogP contribution in [0.2, 0.25) is 0 Å². The number of aliphatic carboxylic acids is 1. The summed E-state index contributed by atoms with van der Waals surface area (Å²) < 4.78 is 5.95. The van der Waals surface area contributed by atoms with Crippen molar-refractivity contribution in [2.75, 3.05) is 6.61 Å². The lowest BCUT2D eigenvalue weighted by Gasteiger charge is -2.72. The van der Waals surface area contributed by atoms with Gasteiger partial charge in [0, 0.05) is 5.41 Å². The van der Waals surface area contributed by atoms with Crippen LogP contribution in [0.3, 0.4) is 0 Å². The summed E-state index contributed by atoms with van der Waals surface area (Å²) in [5.41, 5.74) is 0.796. The van der Waals surface area contributed by atoms with Gasteiger partial charge in [-0.2, -0.15) is 0 Å². The van der Waals surface area contributed by atoms with E-state index in [1.165, 1.54) is 0 Å². The Morgan fingerprint density at radius 3 is 2.26 bits per heavy atom. The number of ether oxygens (including phenoxy) is 1. The Kier molecular flexibility index (Phi) is 7.08. The van der Waals surface area contributed by atoms with E-state index in [4.69, 9.17) is 4.74 Å².